The number of hydroxylamine groups is 1. The molecule has 142 valence electrons. The molecule has 0 saturated heterocycles. The monoisotopic (exact) mass is 373 g/mol. The number of ether oxygens (including phenoxy) is 1. The maximum atomic E-state index is 12.1. The summed E-state index contributed by atoms with van der Waals surface area (Å²) in [6, 6.07) is 27.6. The van der Waals surface area contributed by atoms with Gasteiger partial charge in [0.05, 0.1) is 0 Å². The van der Waals surface area contributed by atoms with Gasteiger partial charge in [0.15, 0.2) is 5.60 Å². The Morgan fingerprint density at radius 2 is 1.39 bits per heavy atom. The Morgan fingerprint density at radius 3 is 1.89 bits per heavy atom. The van der Waals surface area contributed by atoms with Crippen LogP contribution in [0.15, 0.2) is 97.6 Å². The number of amides is 1. The minimum absolute atomic E-state index is 0.101. The molecule has 0 aliphatic heterocycles. The van der Waals surface area contributed by atoms with Crippen LogP contribution in [0.2, 0.25) is 0 Å². The normalized spacial score (nSPS) is 10.9. The van der Waals surface area contributed by atoms with Gasteiger partial charge in [0.25, 0.3) is 0 Å². The van der Waals surface area contributed by atoms with E-state index in [4.69, 9.17) is 9.57 Å². The molecule has 1 amide bonds. The molecule has 4 nitrogen and oxygen atoms in total. The highest BCUT2D eigenvalue weighted by molar-refractivity contribution is 5.66. The Kier molecular flexibility index (Phi) is 6.25. The summed E-state index contributed by atoms with van der Waals surface area (Å²) in [5.41, 5.74) is 5.21. The molecular weight excluding hydrogens is 350 g/mol. The lowest BCUT2D eigenvalue weighted by atomic mass is 9.80. The predicted molar refractivity (Wildman–Crippen MR) is 110 cm³/mol. The number of benzene rings is 3. The average Bonchev–Trinajstić information content (AvgIpc) is 2.75. The predicted octanol–water partition coefficient (Wildman–Crippen LogP) is 5.13. The molecule has 0 bridgehead atoms. The molecule has 0 aromatic heterocycles. The van der Waals surface area contributed by atoms with Gasteiger partial charge >= 0.3 is 6.09 Å². The molecule has 0 heterocycles. The van der Waals surface area contributed by atoms with E-state index < -0.39 is 11.7 Å². The highest BCUT2D eigenvalue weighted by Gasteiger charge is 2.39. The van der Waals surface area contributed by atoms with E-state index in [0.29, 0.717) is 0 Å². The van der Waals surface area contributed by atoms with Crippen molar-refractivity contribution in [2.24, 2.45) is 0 Å². The molecule has 0 atom stereocenters. The number of nitrogens with one attached hydrogen (secondary N) is 1. The van der Waals surface area contributed by atoms with E-state index in [2.05, 4.69) is 12.1 Å². The summed E-state index contributed by atoms with van der Waals surface area (Å²) >= 11 is 0. The second kappa shape index (κ2) is 9.02. The van der Waals surface area contributed by atoms with Crippen molar-refractivity contribution in [2.75, 3.05) is 6.61 Å². The van der Waals surface area contributed by atoms with Crippen molar-refractivity contribution < 1.29 is 14.4 Å². The largest absolute Gasteiger partial charge is 0.444 e. The fourth-order valence-electron chi connectivity index (χ4n) is 3.09. The molecule has 0 unspecified atom stereocenters. The van der Waals surface area contributed by atoms with Crippen LogP contribution >= 0.6 is 0 Å². The van der Waals surface area contributed by atoms with E-state index in [-0.39, 0.29) is 6.61 Å². The van der Waals surface area contributed by atoms with E-state index in [1.807, 2.05) is 91.9 Å². The number of rotatable bonds is 7. The Labute approximate surface area is 165 Å². The number of hydrogen-bond acceptors (Lipinski definition) is 3. The van der Waals surface area contributed by atoms with Crippen molar-refractivity contribution in [2.45, 2.75) is 12.5 Å². The van der Waals surface area contributed by atoms with Gasteiger partial charge in [-0.3, -0.25) is 0 Å². The van der Waals surface area contributed by atoms with Gasteiger partial charge in [0.2, 0.25) is 0 Å². The second-order valence-electron chi connectivity index (χ2n) is 6.37. The SMILES string of the molecule is C=CCOC(=O)NOC(c1ccccc1)(c1ccccc1)c1ccc(C)cc1. The molecule has 0 aliphatic carbocycles. The second-order valence-corrected chi connectivity index (χ2v) is 6.37. The Bertz CT molecular complexity index is 866. The first kappa shape index (κ1) is 19.4. The van der Waals surface area contributed by atoms with E-state index in [0.717, 1.165) is 22.3 Å². The first-order chi connectivity index (χ1) is 13.7. The van der Waals surface area contributed by atoms with Crippen molar-refractivity contribution in [1.29, 1.82) is 0 Å². The zero-order chi connectivity index (χ0) is 19.8. The third-order valence-electron chi connectivity index (χ3n) is 4.44. The van der Waals surface area contributed by atoms with Crippen LogP contribution in [0.1, 0.15) is 22.3 Å². The van der Waals surface area contributed by atoms with Crippen LogP contribution in [0.4, 0.5) is 4.79 Å². The number of hydrogen-bond donors (Lipinski definition) is 1. The quantitative estimate of drug-likeness (QED) is 0.355. The molecule has 0 spiro atoms. The van der Waals surface area contributed by atoms with Crippen LogP contribution in [0.3, 0.4) is 0 Å². The molecule has 3 rings (SSSR count). The van der Waals surface area contributed by atoms with Gasteiger partial charge < -0.3 is 4.74 Å². The van der Waals surface area contributed by atoms with Crippen molar-refractivity contribution in [3.8, 4) is 0 Å². The summed E-state index contributed by atoms with van der Waals surface area (Å²) in [6.07, 6.45) is 0.824. The third-order valence-corrected chi connectivity index (χ3v) is 4.44. The van der Waals surface area contributed by atoms with Crippen LogP contribution < -0.4 is 5.48 Å². The summed E-state index contributed by atoms with van der Waals surface area (Å²) in [6.45, 7) is 5.68. The third kappa shape index (κ3) is 4.13. The number of aryl methyl sites for hydroxylation is 1. The van der Waals surface area contributed by atoms with Crippen molar-refractivity contribution in [1.82, 2.24) is 5.48 Å². The smallest absolute Gasteiger partial charge is 0.431 e. The van der Waals surface area contributed by atoms with Gasteiger partial charge in [-0.2, -0.15) is 5.48 Å². The first-order valence-electron chi connectivity index (χ1n) is 9.06. The molecule has 4 heteroatoms. The molecule has 0 saturated carbocycles. The van der Waals surface area contributed by atoms with Crippen LogP contribution in [-0.4, -0.2) is 12.7 Å². The molecule has 28 heavy (non-hydrogen) atoms. The zero-order valence-electron chi connectivity index (χ0n) is 15.8. The lowest BCUT2D eigenvalue weighted by Gasteiger charge is -2.34. The summed E-state index contributed by atoms with van der Waals surface area (Å²) in [5, 5.41) is 0. The molecule has 0 fully saturated rings. The minimum Gasteiger partial charge on any atom is -0.444 e. The molecule has 0 aliphatic rings. The average molecular weight is 373 g/mol. The highest BCUT2D eigenvalue weighted by Crippen LogP contribution is 2.39. The van der Waals surface area contributed by atoms with Crippen LogP contribution in [0.5, 0.6) is 0 Å². The molecule has 3 aromatic carbocycles. The number of carbonyl (C=O) groups excluding carboxylic acids is 1. The fourth-order valence-corrected chi connectivity index (χ4v) is 3.09. The summed E-state index contributed by atoms with van der Waals surface area (Å²) in [7, 11) is 0. The molecule has 0 radical (unpaired) electrons. The van der Waals surface area contributed by atoms with E-state index in [9.17, 15) is 4.79 Å². The standard InChI is InChI=1S/C24H23NO3/c1-3-18-27-23(26)25-28-24(20-10-6-4-7-11-20,21-12-8-5-9-13-21)22-16-14-19(2)15-17-22/h3-17H,1,18H2,2H3,(H,25,26). The van der Waals surface area contributed by atoms with Crippen LogP contribution in [-0.2, 0) is 15.2 Å². The van der Waals surface area contributed by atoms with E-state index in [1.54, 1.807) is 0 Å². The van der Waals surface area contributed by atoms with Gasteiger partial charge in [-0.15, -0.1) is 0 Å². The van der Waals surface area contributed by atoms with Gasteiger partial charge in [0, 0.05) is 0 Å². The number of carbonyl (C=O) groups is 1. The maximum Gasteiger partial charge on any atom is 0.431 e. The van der Waals surface area contributed by atoms with Gasteiger partial charge in [-0.1, -0.05) is 103 Å². The minimum atomic E-state index is -1.04. The van der Waals surface area contributed by atoms with Crippen LogP contribution in [0.25, 0.3) is 0 Å². The highest BCUT2D eigenvalue weighted by atomic mass is 16.7. The molecule has 1 N–H and O–H groups in total. The first-order valence-corrected chi connectivity index (χ1v) is 9.06. The molecule has 3 aromatic rings. The van der Waals surface area contributed by atoms with E-state index >= 15 is 0 Å². The lowest BCUT2D eigenvalue weighted by Crippen LogP contribution is -2.40. The summed E-state index contributed by atoms with van der Waals surface area (Å²) < 4.78 is 5.02. The lowest BCUT2D eigenvalue weighted by molar-refractivity contribution is -0.0538. The van der Waals surface area contributed by atoms with Gasteiger partial charge in [0.1, 0.15) is 6.61 Å². The maximum absolute atomic E-state index is 12.1. The Balaban J connectivity index is 2.13. The Hall–Kier alpha value is -3.37. The van der Waals surface area contributed by atoms with Crippen LogP contribution in [0, 0.1) is 6.92 Å². The molecular formula is C24H23NO3. The topological polar surface area (TPSA) is 47.6 Å². The Morgan fingerprint density at radius 1 is 0.893 bits per heavy atom. The van der Waals surface area contributed by atoms with Crippen molar-refractivity contribution in [3.05, 3.63) is 120 Å². The van der Waals surface area contributed by atoms with E-state index in [1.165, 1.54) is 6.08 Å². The fraction of sp³-hybridized carbons (Fsp3) is 0.125. The zero-order valence-corrected chi connectivity index (χ0v) is 15.8. The van der Waals surface area contributed by atoms with Gasteiger partial charge in [-0.25, -0.2) is 9.63 Å². The van der Waals surface area contributed by atoms with Crippen molar-refractivity contribution >= 4 is 6.09 Å². The van der Waals surface area contributed by atoms with Gasteiger partial charge in [-0.05, 0) is 23.6 Å². The summed E-state index contributed by atoms with van der Waals surface area (Å²) in [4.78, 5) is 18.2. The van der Waals surface area contributed by atoms with Crippen molar-refractivity contribution in [3.63, 3.8) is 0 Å². The summed E-state index contributed by atoms with van der Waals surface area (Å²) in [5.74, 6) is 0.